The van der Waals surface area contributed by atoms with Crippen LogP contribution in [0.15, 0.2) is 66.2 Å². The zero-order valence-electron chi connectivity index (χ0n) is 16.5. The normalized spacial score (nSPS) is 19.2. The van der Waals surface area contributed by atoms with Gasteiger partial charge in [-0.3, -0.25) is 0 Å². The molecule has 0 N–H and O–H groups in total. The first kappa shape index (κ1) is 18.9. The lowest BCUT2D eigenvalue weighted by atomic mass is 9.58. The summed E-state index contributed by atoms with van der Waals surface area (Å²) in [5, 5.41) is 20.2. The lowest BCUT2D eigenvalue weighted by molar-refractivity contribution is 0.310. The molecule has 0 saturated carbocycles. The Morgan fingerprint density at radius 1 is 0.815 bits per heavy atom. The topological polar surface area (TPSA) is 47.6 Å². The molecular weight excluding hydrogens is 328 g/mol. The first-order chi connectivity index (χ1) is 13.0. The molecule has 0 aliphatic heterocycles. The fraction of sp³-hybridized carbons (Fsp3) is 0.360. The molecule has 0 heterocycles. The molecule has 0 aromatic heterocycles. The molecule has 0 radical (unpaired) electrons. The summed E-state index contributed by atoms with van der Waals surface area (Å²) in [5.74, 6) is 0.136. The Labute approximate surface area is 162 Å². The van der Waals surface area contributed by atoms with Crippen LogP contribution < -0.4 is 0 Å². The molecule has 0 fully saturated rings. The number of allylic oxidation sites excluding steroid dienone is 2. The van der Waals surface area contributed by atoms with Crippen molar-refractivity contribution in [3.63, 3.8) is 0 Å². The van der Waals surface area contributed by atoms with Gasteiger partial charge in [0.05, 0.1) is 12.1 Å². The molecule has 27 heavy (non-hydrogen) atoms. The highest BCUT2D eigenvalue weighted by Crippen LogP contribution is 2.53. The van der Waals surface area contributed by atoms with E-state index in [1.165, 1.54) is 16.7 Å². The third kappa shape index (κ3) is 3.07. The molecule has 2 aromatic carbocycles. The SMILES string of the molecule is CC(C)C1=CC(c2ccccc2)c2ccccc2C1C(C#N)(C#N)C(C)C. The standard InChI is InChI=1S/C25H26N2/c1-17(2)22-14-23(19-10-6-5-7-11-19)20-12-8-9-13-21(20)24(22)25(15-26,16-27)18(3)4/h5-14,17-18,23-24H,1-4H3. The Morgan fingerprint density at radius 2 is 1.37 bits per heavy atom. The fourth-order valence-corrected chi connectivity index (χ4v) is 4.33. The second-order valence-electron chi connectivity index (χ2n) is 8.02. The summed E-state index contributed by atoms with van der Waals surface area (Å²) < 4.78 is 0. The van der Waals surface area contributed by atoms with Gasteiger partial charge in [-0.05, 0) is 28.5 Å². The number of fused-ring (bicyclic) bond motifs is 1. The van der Waals surface area contributed by atoms with Crippen LogP contribution in [0.3, 0.4) is 0 Å². The van der Waals surface area contributed by atoms with Crippen LogP contribution >= 0.6 is 0 Å². The summed E-state index contributed by atoms with van der Waals surface area (Å²) >= 11 is 0. The minimum absolute atomic E-state index is 0.0685. The van der Waals surface area contributed by atoms with E-state index in [1.54, 1.807) is 0 Å². The number of nitriles is 2. The lowest BCUT2D eigenvalue weighted by Gasteiger charge is -2.41. The minimum atomic E-state index is -1.08. The van der Waals surface area contributed by atoms with Gasteiger partial charge >= 0.3 is 0 Å². The van der Waals surface area contributed by atoms with Crippen LogP contribution in [-0.2, 0) is 0 Å². The van der Waals surface area contributed by atoms with Crippen LogP contribution in [0.25, 0.3) is 0 Å². The van der Waals surface area contributed by atoms with E-state index in [0.717, 1.165) is 5.56 Å². The first-order valence-electron chi connectivity index (χ1n) is 9.64. The molecule has 0 saturated heterocycles. The zero-order chi connectivity index (χ0) is 19.6. The molecule has 2 atom stereocenters. The number of benzene rings is 2. The van der Waals surface area contributed by atoms with Gasteiger partial charge in [-0.15, -0.1) is 0 Å². The van der Waals surface area contributed by atoms with Crippen LogP contribution in [0, 0.1) is 39.9 Å². The Hall–Kier alpha value is -2.84. The van der Waals surface area contributed by atoms with Crippen molar-refractivity contribution in [2.75, 3.05) is 0 Å². The van der Waals surface area contributed by atoms with Crippen molar-refractivity contribution >= 4 is 0 Å². The second-order valence-corrected chi connectivity index (χ2v) is 8.02. The Balaban J connectivity index is 2.31. The Bertz CT molecular complexity index is 909. The maximum atomic E-state index is 10.1. The van der Waals surface area contributed by atoms with Crippen molar-refractivity contribution in [2.45, 2.75) is 39.5 Å². The second kappa shape index (κ2) is 7.42. The molecule has 0 amide bonds. The molecule has 2 unspecified atom stereocenters. The summed E-state index contributed by atoms with van der Waals surface area (Å²) in [6.45, 7) is 8.29. The molecule has 0 bridgehead atoms. The maximum Gasteiger partial charge on any atom is 0.156 e. The van der Waals surface area contributed by atoms with Gasteiger partial charge in [0.2, 0.25) is 0 Å². The molecule has 2 heteroatoms. The molecule has 2 aromatic rings. The van der Waals surface area contributed by atoms with Crippen LogP contribution in [0.2, 0.25) is 0 Å². The van der Waals surface area contributed by atoms with E-state index < -0.39 is 5.41 Å². The number of nitrogens with zero attached hydrogens (tertiary/aromatic N) is 2. The van der Waals surface area contributed by atoms with E-state index >= 15 is 0 Å². The van der Waals surface area contributed by atoms with Crippen molar-refractivity contribution in [1.82, 2.24) is 0 Å². The van der Waals surface area contributed by atoms with E-state index in [0.29, 0.717) is 0 Å². The molecular formula is C25H26N2. The highest BCUT2D eigenvalue weighted by Gasteiger charge is 2.48. The van der Waals surface area contributed by atoms with Gasteiger partial charge in [-0.25, -0.2) is 0 Å². The largest absolute Gasteiger partial charge is 0.197 e. The monoisotopic (exact) mass is 354 g/mol. The predicted molar refractivity (Wildman–Crippen MR) is 109 cm³/mol. The van der Waals surface area contributed by atoms with E-state index in [9.17, 15) is 10.5 Å². The van der Waals surface area contributed by atoms with Crippen LogP contribution in [0.1, 0.15) is 56.2 Å². The Kier molecular flexibility index (Phi) is 5.20. The van der Waals surface area contributed by atoms with Crippen molar-refractivity contribution in [3.05, 3.63) is 82.9 Å². The number of hydrogen-bond acceptors (Lipinski definition) is 2. The molecule has 2 nitrogen and oxygen atoms in total. The van der Waals surface area contributed by atoms with Gasteiger partial charge in [0, 0.05) is 11.8 Å². The van der Waals surface area contributed by atoms with Crippen molar-refractivity contribution in [1.29, 1.82) is 10.5 Å². The molecule has 136 valence electrons. The van der Waals surface area contributed by atoms with Gasteiger partial charge < -0.3 is 0 Å². The highest BCUT2D eigenvalue weighted by molar-refractivity contribution is 5.54. The third-order valence-corrected chi connectivity index (χ3v) is 5.90. The summed E-state index contributed by atoms with van der Waals surface area (Å²) in [7, 11) is 0. The summed E-state index contributed by atoms with van der Waals surface area (Å²) in [5.41, 5.74) is 3.68. The fourth-order valence-electron chi connectivity index (χ4n) is 4.33. The average Bonchev–Trinajstić information content (AvgIpc) is 2.69. The summed E-state index contributed by atoms with van der Waals surface area (Å²) in [4.78, 5) is 0. The predicted octanol–water partition coefficient (Wildman–Crippen LogP) is 6.19. The van der Waals surface area contributed by atoms with Crippen molar-refractivity contribution < 1.29 is 0 Å². The van der Waals surface area contributed by atoms with E-state index in [2.05, 4.69) is 74.5 Å². The van der Waals surface area contributed by atoms with Crippen molar-refractivity contribution in [2.24, 2.45) is 17.3 Å². The van der Waals surface area contributed by atoms with Gasteiger partial charge in [0.25, 0.3) is 0 Å². The van der Waals surface area contributed by atoms with Crippen LogP contribution in [-0.4, -0.2) is 0 Å². The minimum Gasteiger partial charge on any atom is -0.197 e. The van der Waals surface area contributed by atoms with Gasteiger partial charge in [-0.2, -0.15) is 10.5 Å². The quantitative estimate of drug-likeness (QED) is 0.615. The summed E-state index contributed by atoms with van der Waals surface area (Å²) in [6.07, 6.45) is 2.30. The molecule has 0 spiro atoms. The van der Waals surface area contributed by atoms with Gasteiger partial charge in [0.1, 0.15) is 0 Å². The molecule has 1 aliphatic rings. The lowest BCUT2D eigenvalue weighted by Crippen LogP contribution is -2.36. The van der Waals surface area contributed by atoms with Gasteiger partial charge in [0.15, 0.2) is 5.41 Å². The van der Waals surface area contributed by atoms with Crippen LogP contribution in [0.4, 0.5) is 0 Å². The van der Waals surface area contributed by atoms with E-state index in [1.807, 2.05) is 26.0 Å². The highest BCUT2D eigenvalue weighted by atomic mass is 14.5. The van der Waals surface area contributed by atoms with Gasteiger partial charge in [-0.1, -0.05) is 93.9 Å². The van der Waals surface area contributed by atoms with Crippen molar-refractivity contribution in [3.8, 4) is 12.1 Å². The molecule has 1 aliphatic carbocycles. The summed E-state index contributed by atoms with van der Waals surface area (Å²) in [6, 6.07) is 23.6. The number of hydrogen-bond donors (Lipinski definition) is 0. The molecule has 3 rings (SSSR count). The van der Waals surface area contributed by atoms with E-state index in [-0.39, 0.29) is 23.7 Å². The zero-order valence-corrected chi connectivity index (χ0v) is 16.5. The number of rotatable bonds is 4. The third-order valence-electron chi connectivity index (χ3n) is 5.90. The van der Waals surface area contributed by atoms with Crippen LogP contribution in [0.5, 0.6) is 0 Å². The smallest absolute Gasteiger partial charge is 0.156 e. The van der Waals surface area contributed by atoms with E-state index in [4.69, 9.17) is 0 Å². The Morgan fingerprint density at radius 3 is 1.89 bits per heavy atom. The maximum absolute atomic E-state index is 10.1. The first-order valence-corrected chi connectivity index (χ1v) is 9.64. The average molecular weight is 354 g/mol.